The molecule has 8 nitrogen and oxygen atoms in total. The van der Waals surface area contributed by atoms with Crippen molar-refractivity contribution >= 4 is 39.1 Å². The molecular formula is C21H20BrClN4O4. The van der Waals surface area contributed by atoms with Gasteiger partial charge in [-0.05, 0) is 49.7 Å². The first-order chi connectivity index (χ1) is 14.8. The van der Waals surface area contributed by atoms with E-state index < -0.39 is 4.92 Å². The van der Waals surface area contributed by atoms with Crippen molar-refractivity contribution in [3.05, 3.63) is 84.6 Å². The number of carbonyl (C=O) groups is 1. The molecule has 1 heterocycles. The highest BCUT2D eigenvalue weighted by Crippen LogP contribution is 2.28. The van der Waals surface area contributed by atoms with E-state index in [0.717, 1.165) is 10.0 Å². The first-order valence-corrected chi connectivity index (χ1v) is 10.6. The van der Waals surface area contributed by atoms with Crippen molar-refractivity contribution in [2.45, 2.75) is 27.0 Å². The van der Waals surface area contributed by atoms with Crippen LogP contribution >= 0.6 is 27.5 Å². The first-order valence-electron chi connectivity index (χ1n) is 9.39. The zero-order valence-electron chi connectivity index (χ0n) is 16.9. The van der Waals surface area contributed by atoms with E-state index in [4.69, 9.17) is 16.3 Å². The number of benzene rings is 2. The van der Waals surface area contributed by atoms with Gasteiger partial charge in [0.1, 0.15) is 23.7 Å². The molecular weight excluding hydrogens is 488 g/mol. The second-order valence-corrected chi connectivity index (χ2v) is 8.14. The summed E-state index contributed by atoms with van der Waals surface area (Å²) in [5.74, 6) is 0.343. The van der Waals surface area contributed by atoms with Crippen LogP contribution in [0.5, 0.6) is 5.75 Å². The first kappa shape index (κ1) is 22.8. The number of aryl methyl sites for hydroxylation is 1. The summed E-state index contributed by atoms with van der Waals surface area (Å²) in [5.41, 5.74) is 2.23. The Hall–Kier alpha value is -2.91. The number of halogens is 2. The van der Waals surface area contributed by atoms with Crippen molar-refractivity contribution in [2.24, 2.45) is 0 Å². The van der Waals surface area contributed by atoms with Gasteiger partial charge in [0.25, 0.3) is 5.91 Å². The molecule has 31 heavy (non-hydrogen) atoms. The molecule has 3 rings (SSSR count). The third-order valence-electron chi connectivity index (χ3n) is 4.64. The number of nitrogens with one attached hydrogen (secondary N) is 1. The topological polar surface area (TPSA) is 99.3 Å². The van der Waals surface area contributed by atoms with Gasteiger partial charge in [0.2, 0.25) is 0 Å². The molecule has 0 aliphatic carbocycles. The Morgan fingerprint density at radius 1 is 1.26 bits per heavy atom. The van der Waals surface area contributed by atoms with Gasteiger partial charge in [-0.15, -0.1) is 0 Å². The van der Waals surface area contributed by atoms with Crippen molar-refractivity contribution in [1.29, 1.82) is 0 Å². The fraction of sp³-hybridized carbons (Fsp3) is 0.238. The lowest BCUT2D eigenvalue weighted by Gasteiger charge is -2.10. The molecule has 0 aliphatic rings. The van der Waals surface area contributed by atoms with Crippen LogP contribution < -0.4 is 10.1 Å². The number of nitrogens with zero attached hydrogens (tertiary/aromatic N) is 3. The highest BCUT2D eigenvalue weighted by molar-refractivity contribution is 9.10. The summed E-state index contributed by atoms with van der Waals surface area (Å²) in [7, 11) is 0. The van der Waals surface area contributed by atoms with Crippen molar-refractivity contribution in [3.8, 4) is 5.75 Å². The van der Waals surface area contributed by atoms with Crippen LogP contribution in [0.4, 0.5) is 5.69 Å². The summed E-state index contributed by atoms with van der Waals surface area (Å²) in [6, 6.07) is 12.4. The SMILES string of the molecule is Cc1nn(CCNC(=O)c2ccc(COc3ccc(Br)cc3Cl)cc2)c(C)c1[N+](=O)[O-]. The molecule has 162 valence electrons. The molecule has 0 saturated carbocycles. The molecule has 1 aromatic heterocycles. The highest BCUT2D eigenvalue weighted by Gasteiger charge is 2.21. The molecule has 0 fully saturated rings. The van der Waals surface area contributed by atoms with Crippen LogP contribution in [0.1, 0.15) is 27.3 Å². The summed E-state index contributed by atoms with van der Waals surface area (Å²) >= 11 is 9.49. The van der Waals surface area contributed by atoms with E-state index >= 15 is 0 Å². The molecule has 10 heteroatoms. The van der Waals surface area contributed by atoms with Crippen LogP contribution in [0.2, 0.25) is 5.02 Å². The van der Waals surface area contributed by atoms with Gasteiger partial charge in [0, 0.05) is 16.6 Å². The van der Waals surface area contributed by atoms with Crippen LogP contribution in [0.3, 0.4) is 0 Å². The minimum absolute atomic E-state index is 0.00793. The lowest BCUT2D eigenvalue weighted by molar-refractivity contribution is -0.386. The van der Waals surface area contributed by atoms with E-state index in [9.17, 15) is 14.9 Å². The molecule has 3 aromatic rings. The van der Waals surface area contributed by atoms with Gasteiger partial charge in [-0.3, -0.25) is 19.6 Å². The largest absolute Gasteiger partial charge is 0.487 e. The normalized spacial score (nSPS) is 10.7. The Labute approximate surface area is 192 Å². The van der Waals surface area contributed by atoms with Gasteiger partial charge in [0.15, 0.2) is 0 Å². The minimum Gasteiger partial charge on any atom is -0.487 e. The highest BCUT2D eigenvalue weighted by atomic mass is 79.9. The van der Waals surface area contributed by atoms with Crippen molar-refractivity contribution < 1.29 is 14.5 Å². The number of hydrogen-bond donors (Lipinski definition) is 1. The zero-order valence-corrected chi connectivity index (χ0v) is 19.2. The maximum atomic E-state index is 12.4. The number of aromatic nitrogens is 2. The Morgan fingerprint density at radius 2 is 1.97 bits per heavy atom. The summed E-state index contributed by atoms with van der Waals surface area (Å²) in [6.45, 7) is 4.19. The third kappa shape index (κ3) is 5.62. The summed E-state index contributed by atoms with van der Waals surface area (Å²) in [6.07, 6.45) is 0. The Bertz CT molecular complexity index is 1120. The smallest absolute Gasteiger partial charge is 0.312 e. The summed E-state index contributed by atoms with van der Waals surface area (Å²) < 4.78 is 8.12. The lowest BCUT2D eigenvalue weighted by atomic mass is 10.1. The number of ether oxygens (including phenoxy) is 1. The molecule has 0 bridgehead atoms. The fourth-order valence-electron chi connectivity index (χ4n) is 3.05. The second kappa shape index (κ2) is 9.93. The Morgan fingerprint density at radius 3 is 2.58 bits per heavy atom. The Balaban J connectivity index is 1.52. The molecule has 1 amide bonds. The number of amides is 1. The van der Waals surface area contributed by atoms with E-state index in [-0.39, 0.29) is 11.6 Å². The van der Waals surface area contributed by atoms with Gasteiger partial charge >= 0.3 is 5.69 Å². The molecule has 0 aliphatic heterocycles. The molecule has 0 spiro atoms. The molecule has 0 radical (unpaired) electrons. The van der Waals surface area contributed by atoms with Crippen LogP contribution in [-0.2, 0) is 13.2 Å². The number of hydrogen-bond acceptors (Lipinski definition) is 5. The summed E-state index contributed by atoms with van der Waals surface area (Å²) in [5, 5.41) is 18.6. The predicted octanol–water partition coefficient (Wildman–Crippen LogP) is 4.83. The standard InChI is InChI=1S/C21H20BrClN4O4/c1-13-20(27(29)30)14(2)26(25-13)10-9-24-21(28)16-5-3-15(4-6-16)12-31-19-8-7-17(22)11-18(19)23/h3-8,11H,9-10,12H2,1-2H3,(H,24,28). The molecule has 1 N–H and O–H groups in total. The Kier molecular flexibility index (Phi) is 7.29. The number of nitro groups is 1. The van der Waals surface area contributed by atoms with Gasteiger partial charge in [0.05, 0.1) is 16.5 Å². The van der Waals surface area contributed by atoms with Crippen LogP contribution in [0, 0.1) is 24.0 Å². The predicted molar refractivity (Wildman–Crippen MR) is 121 cm³/mol. The van der Waals surface area contributed by atoms with E-state index in [2.05, 4.69) is 26.3 Å². The molecule has 0 saturated heterocycles. The van der Waals surface area contributed by atoms with Crippen LogP contribution in [0.25, 0.3) is 0 Å². The van der Waals surface area contributed by atoms with Crippen LogP contribution in [0.15, 0.2) is 46.9 Å². The monoisotopic (exact) mass is 506 g/mol. The quantitative estimate of drug-likeness (QED) is 0.348. The van der Waals surface area contributed by atoms with Crippen LogP contribution in [-0.4, -0.2) is 27.2 Å². The minimum atomic E-state index is -0.442. The van der Waals surface area contributed by atoms with Crippen molar-refractivity contribution in [2.75, 3.05) is 6.54 Å². The van der Waals surface area contributed by atoms with Gasteiger partial charge in [-0.1, -0.05) is 39.7 Å². The lowest BCUT2D eigenvalue weighted by Crippen LogP contribution is -2.27. The molecule has 0 unspecified atom stereocenters. The van der Waals surface area contributed by atoms with E-state index in [1.165, 1.54) is 4.68 Å². The van der Waals surface area contributed by atoms with Gasteiger partial charge in [-0.2, -0.15) is 5.10 Å². The fourth-order valence-corrected chi connectivity index (χ4v) is 3.78. The average Bonchev–Trinajstić information content (AvgIpc) is 3.01. The van der Waals surface area contributed by atoms with E-state index in [1.54, 1.807) is 38.1 Å². The second-order valence-electron chi connectivity index (χ2n) is 6.82. The zero-order chi connectivity index (χ0) is 22.5. The van der Waals surface area contributed by atoms with Crippen molar-refractivity contribution in [3.63, 3.8) is 0 Å². The van der Waals surface area contributed by atoms with E-state index in [1.807, 2.05) is 18.2 Å². The number of rotatable bonds is 8. The maximum Gasteiger partial charge on any atom is 0.312 e. The average molecular weight is 508 g/mol. The van der Waals surface area contributed by atoms with Crippen molar-refractivity contribution in [1.82, 2.24) is 15.1 Å². The molecule has 0 atom stereocenters. The van der Waals surface area contributed by atoms with Gasteiger partial charge in [-0.25, -0.2) is 0 Å². The maximum absolute atomic E-state index is 12.4. The molecule has 2 aromatic carbocycles. The summed E-state index contributed by atoms with van der Waals surface area (Å²) in [4.78, 5) is 23.0. The third-order valence-corrected chi connectivity index (χ3v) is 5.43. The number of carbonyl (C=O) groups excluding carboxylic acids is 1. The van der Waals surface area contributed by atoms with Gasteiger partial charge < -0.3 is 10.1 Å². The van der Waals surface area contributed by atoms with E-state index in [0.29, 0.717) is 47.4 Å².